The highest BCUT2D eigenvalue weighted by Crippen LogP contribution is 2.30. The number of hydrogen-bond donors (Lipinski definition) is 0. The van der Waals surface area contributed by atoms with Gasteiger partial charge in [-0.25, -0.2) is 4.99 Å². The summed E-state index contributed by atoms with van der Waals surface area (Å²) in [6, 6.07) is 22.2. The van der Waals surface area contributed by atoms with Gasteiger partial charge >= 0.3 is 0 Å². The van der Waals surface area contributed by atoms with Gasteiger partial charge < -0.3 is 4.74 Å². The second kappa shape index (κ2) is 8.70. The number of thioether (sulfide) groups is 1. The topological polar surface area (TPSA) is 41.9 Å². The van der Waals surface area contributed by atoms with E-state index in [1.807, 2.05) is 53.4 Å². The first-order chi connectivity index (χ1) is 14.2. The summed E-state index contributed by atoms with van der Waals surface area (Å²) < 4.78 is 5.22. The number of methoxy groups -OCH3 is 1. The SMILES string of the molecule is CC[C@@H]1CSC(=Nc2ccc(OC)cc2)N1C(=O)Cc1cccc2ccccc12. The zero-order valence-corrected chi connectivity index (χ0v) is 17.5. The molecule has 1 aliphatic rings. The average Bonchev–Trinajstić information content (AvgIpc) is 3.17. The first kappa shape index (κ1) is 19.5. The Hall–Kier alpha value is -2.79. The minimum absolute atomic E-state index is 0.102. The molecule has 3 aromatic carbocycles. The molecule has 29 heavy (non-hydrogen) atoms. The monoisotopic (exact) mass is 404 g/mol. The normalized spacial score (nSPS) is 17.8. The predicted octanol–water partition coefficient (Wildman–Crippen LogP) is 5.43. The highest BCUT2D eigenvalue weighted by molar-refractivity contribution is 8.14. The summed E-state index contributed by atoms with van der Waals surface area (Å²) in [5, 5.41) is 3.08. The van der Waals surface area contributed by atoms with Gasteiger partial charge in [0, 0.05) is 11.8 Å². The van der Waals surface area contributed by atoms with Gasteiger partial charge in [0.2, 0.25) is 5.91 Å². The van der Waals surface area contributed by atoms with Crippen LogP contribution < -0.4 is 4.74 Å². The van der Waals surface area contributed by atoms with Crippen molar-refractivity contribution in [2.45, 2.75) is 25.8 Å². The number of ether oxygens (including phenoxy) is 1. The van der Waals surface area contributed by atoms with Crippen LogP contribution in [0.1, 0.15) is 18.9 Å². The van der Waals surface area contributed by atoms with Gasteiger partial charge in [-0.3, -0.25) is 9.69 Å². The lowest BCUT2D eigenvalue weighted by Crippen LogP contribution is -2.39. The van der Waals surface area contributed by atoms with Crippen LogP contribution in [0.25, 0.3) is 10.8 Å². The highest BCUT2D eigenvalue weighted by atomic mass is 32.2. The van der Waals surface area contributed by atoms with E-state index in [-0.39, 0.29) is 11.9 Å². The summed E-state index contributed by atoms with van der Waals surface area (Å²) in [7, 11) is 1.65. The van der Waals surface area contributed by atoms with E-state index in [9.17, 15) is 4.79 Å². The summed E-state index contributed by atoms with van der Waals surface area (Å²) in [6.07, 6.45) is 1.29. The molecule has 0 bridgehead atoms. The van der Waals surface area contributed by atoms with Gasteiger partial charge in [-0.2, -0.15) is 0 Å². The van der Waals surface area contributed by atoms with Crippen molar-refractivity contribution < 1.29 is 9.53 Å². The van der Waals surface area contributed by atoms with Gasteiger partial charge in [-0.05, 0) is 47.0 Å². The molecule has 0 unspecified atom stereocenters. The molecular weight excluding hydrogens is 380 g/mol. The van der Waals surface area contributed by atoms with Crippen molar-refractivity contribution in [1.82, 2.24) is 4.90 Å². The minimum atomic E-state index is 0.102. The Bertz CT molecular complexity index is 1040. The van der Waals surface area contributed by atoms with Gasteiger partial charge in [0.25, 0.3) is 0 Å². The quantitative estimate of drug-likeness (QED) is 0.569. The fourth-order valence-electron chi connectivity index (χ4n) is 3.63. The van der Waals surface area contributed by atoms with Gasteiger partial charge in [0.15, 0.2) is 5.17 Å². The van der Waals surface area contributed by atoms with E-state index < -0.39 is 0 Å². The lowest BCUT2D eigenvalue weighted by Gasteiger charge is -2.23. The predicted molar refractivity (Wildman–Crippen MR) is 121 cm³/mol. The molecule has 3 aromatic rings. The zero-order valence-electron chi connectivity index (χ0n) is 16.7. The molecule has 0 spiro atoms. The molecule has 148 valence electrons. The number of fused-ring (bicyclic) bond motifs is 1. The van der Waals surface area contributed by atoms with Crippen LogP contribution in [-0.4, -0.2) is 34.9 Å². The maximum absolute atomic E-state index is 13.3. The molecule has 4 nitrogen and oxygen atoms in total. The van der Waals surface area contributed by atoms with Gasteiger partial charge in [-0.1, -0.05) is 61.2 Å². The molecule has 1 fully saturated rings. The summed E-state index contributed by atoms with van der Waals surface area (Å²) >= 11 is 1.65. The maximum atomic E-state index is 13.3. The lowest BCUT2D eigenvalue weighted by atomic mass is 10.0. The molecule has 0 aliphatic carbocycles. The van der Waals surface area contributed by atoms with Crippen LogP contribution >= 0.6 is 11.8 Å². The molecule has 1 saturated heterocycles. The Kier molecular flexibility index (Phi) is 5.86. The number of benzene rings is 3. The number of rotatable bonds is 5. The molecule has 0 N–H and O–H groups in total. The maximum Gasteiger partial charge on any atom is 0.233 e. The van der Waals surface area contributed by atoms with Crippen LogP contribution in [0, 0.1) is 0 Å². The van der Waals surface area contributed by atoms with Crippen LogP contribution in [0.2, 0.25) is 0 Å². The molecule has 5 heteroatoms. The zero-order chi connectivity index (χ0) is 20.2. The minimum Gasteiger partial charge on any atom is -0.497 e. The van der Waals surface area contributed by atoms with Crippen molar-refractivity contribution in [2.24, 2.45) is 4.99 Å². The number of carbonyl (C=O) groups is 1. The Balaban J connectivity index is 1.62. The van der Waals surface area contributed by atoms with Crippen molar-refractivity contribution >= 4 is 39.3 Å². The highest BCUT2D eigenvalue weighted by Gasteiger charge is 2.34. The Labute approximate surface area is 175 Å². The van der Waals surface area contributed by atoms with Gasteiger partial charge in [0.1, 0.15) is 5.75 Å². The Morgan fingerprint density at radius 2 is 1.86 bits per heavy atom. The van der Waals surface area contributed by atoms with Crippen molar-refractivity contribution in [1.29, 1.82) is 0 Å². The van der Waals surface area contributed by atoms with E-state index in [1.54, 1.807) is 18.9 Å². The Morgan fingerprint density at radius 1 is 1.10 bits per heavy atom. The molecule has 0 radical (unpaired) electrons. The number of aliphatic imine (C=N–C) groups is 1. The van der Waals surface area contributed by atoms with Crippen molar-refractivity contribution in [3.8, 4) is 5.75 Å². The van der Waals surface area contributed by atoms with Gasteiger partial charge in [0.05, 0.1) is 19.2 Å². The van der Waals surface area contributed by atoms with E-state index >= 15 is 0 Å². The van der Waals surface area contributed by atoms with Gasteiger partial charge in [-0.15, -0.1) is 0 Å². The molecule has 1 amide bonds. The largest absolute Gasteiger partial charge is 0.497 e. The summed E-state index contributed by atoms with van der Waals surface area (Å²) in [5.41, 5.74) is 1.89. The molecule has 1 heterocycles. The van der Waals surface area contributed by atoms with Crippen molar-refractivity contribution in [3.05, 3.63) is 72.3 Å². The average molecular weight is 405 g/mol. The third-order valence-corrected chi connectivity index (χ3v) is 6.33. The second-order valence-corrected chi connectivity index (χ2v) is 8.03. The molecule has 4 rings (SSSR count). The number of carbonyl (C=O) groups excluding carboxylic acids is 1. The molecule has 0 aromatic heterocycles. The second-order valence-electron chi connectivity index (χ2n) is 7.04. The summed E-state index contributed by atoms with van der Waals surface area (Å²) in [6.45, 7) is 2.12. The third-order valence-electron chi connectivity index (χ3n) is 5.23. The fraction of sp³-hybridized carbons (Fsp3) is 0.250. The van der Waals surface area contributed by atoms with E-state index in [0.717, 1.165) is 45.1 Å². The van der Waals surface area contributed by atoms with E-state index in [2.05, 4.69) is 25.1 Å². The lowest BCUT2D eigenvalue weighted by molar-refractivity contribution is -0.127. The molecule has 1 atom stereocenters. The number of hydrogen-bond acceptors (Lipinski definition) is 4. The fourth-order valence-corrected chi connectivity index (χ4v) is 4.92. The third kappa shape index (κ3) is 4.15. The first-order valence-electron chi connectivity index (χ1n) is 9.84. The molecule has 1 aliphatic heterocycles. The van der Waals surface area contributed by atoms with Crippen LogP contribution in [0.3, 0.4) is 0 Å². The number of amides is 1. The van der Waals surface area contributed by atoms with Crippen molar-refractivity contribution in [2.75, 3.05) is 12.9 Å². The number of amidine groups is 1. The van der Waals surface area contributed by atoms with Crippen LogP contribution in [0.4, 0.5) is 5.69 Å². The smallest absolute Gasteiger partial charge is 0.233 e. The van der Waals surface area contributed by atoms with E-state index in [0.29, 0.717) is 6.42 Å². The summed E-state index contributed by atoms with van der Waals surface area (Å²) in [4.78, 5) is 20.0. The number of nitrogens with zero attached hydrogens (tertiary/aromatic N) is 2. The van der Waals surface area contributed by atoms with E-state index in [1.165, 1.54) is 0 Å². The standard InChI is InChI=1S/C24H24N2O2S/c1-3-20-16-29-24(25-19-11-13-21(28-2)14-12-19)26(20)23(27)15-18-9-6-8-17-7-4-5-10-22(17)18/h4-14,20H,3,15-16H2,1-2H3/t20-/m1/s1. The van der Waals surface area contributed by atoms with Crippen LogP contribution in [-0.2, 0) is 11.2 Å². The molecular formula is C24H24N2O2S. The van der Waals surface area contributed by atoms with Crippen LogP contribution in [0.15, 0.2) is 71.7 Å². The van der Waals surface area contributed by atoms with Crippen LogP contribution in [0.5, 0.6) is 5.75 Å². The summed E-state index contributed by atoms with van der Waals surface area (Å²) in [5.74, 6) is 1.78. The Morgan fingerprint density at radius 3 is 2.62 bits per heavy atom. The first-order valence-corrected chi connectivity index (χ1v) is 10.8. The molecule has 0 saturated carbocycles. The van der Waals surface area contributed by atoms with E-state index in [4.69, 9.17) is 9.73 Å². The van der Waals surface area contributed by atoms with Crippen molar-refractivity contribution in [3.63, 3.8) is 0 Å².